The average Bonchev–Trinajstić information content (AvgIpc) is 3.08. The van der Waals surface area contributed by atoms with Crippen LogP contribution < -0.4 is 16.0 Å². The molecule has 0 aliphatic heterocycles. The van der Waals surface area contributed by atoms with Crippen LogP contribution in [-0.2, 0) is 9.59 Å². The molecule has 0 aromatic heterocycles. The third kappa shape index (κ3) is 6.26. The van der Waals surface area contributed by atoms with E-state index in [1.54, 1.807) is 0 Å². The summed E-state index contributed by atoms with van der Waals surface area (Å²) in [4.78, 5) is 22.9. The molecule has 0 radical (unpaired) electrons. The Kier molecular flexibility index (Phi) is 5.97. The summed E-state index contributed by atoms with van der Waals surface area (Å²) in [5.74, 6) is 0.118. The first-order valence-electron chi connectivity index (χ1n) is 6.35. The molecule has 1 atom stereocenters. The minimum atomic E-state index is -0.0275. The molecule has 1 saturated carbocycles. The van der Waals surface area contributed by atoms with E-state index in [4.69, 9.17) is 0 Å². The molecule has 0 aromatic rings. The zero-order chi connectivity index (χ0) is 12.7. The van der Waals surface area contributed by atoms with Crippen LogP contribution in [0, 0.1) is 5.92 Å². The molecule has 1 rings (SSSR count). The fraction of sp³-hybridized carbons (Fsp3) is 0.833. The van der Waals surface area contributed by atoms with E-state index in [9.17, 15) is 9.59 Å². The topological polar surface area (TPSA) is 70.2 Å². The molecule has 0 bridgehead atoms. The van der Waals surface area contributed by atoms with Crippen LogP contribution in [-0.4, -0.2) is 38.0 Å². The van der Waals surface area contributed by atoms with Crippen molar-refractivity contribution in [3.05, 3.63) is 0 Å². The smallest absolute Gasteiger partial charge is 0.224 e. The van der Waals surface area contributed by atoms with Crippen LogP contribution in [0.2, 0.25) is 0 Å². The third-order valence-electron chi connectivity index (χ3n) is 2.78. The van der Waals surface area contributed by atoms with Gasteiger partial charge in [-0.05, 0) is 26.3 Å². The van der Waals surface area contributed by atoms with Gasteiger partial charge in [-0.2, -0.15) is 0 Å². The van der Waals surface area contributed by atoms with Crippen LogP contribution >= 0.6 is 0 Å². The molecular weight excluding hydrogens is 218 g/mol. The Labute approximate surface area is 103 Å². The summed E-state index contributed by atoms with van der Waals surface area (Å²) in [5.41, 5.74) is 0. The summed E-state index contributed by atoms with van der Waals surface area (Å²) in [5, 5.41) is 8.72. The van der Waals surface area contributed by atoms with Crippen LogP contribution in [0.1, 0.15) is 32.6 Å². The SMILES string of the molecule is CNCC(C)C(=O)NCCCC(=O)NC1CC1. The van der Waals surface area contributed by atoms with E-state index in [2.05, 4.69) is 16.0 Å². The molecule has 1 aliphatic rings. The van der Waals surface area contributed by atoms with Crippen molar-refractivity contribution in [2.45, 2.75) is 38.6 Å². The first kappa shape index (κ1) is 14.0. The first-order valence-corrected chi connectivity index (χ1v) is 6.35. The summed E-state index contributed by atoms with van der Waals surface area (Å²) >= 11 is 0. The Balaban J connectivity index is 1.98. The van der Waals surface area contributed by atoms with Crippen LogP contribution in [0.3, 0.4) is 0 Å². The van der Waals surface area contributed by atoms with Crippen molar-refractivity contribution < 1.29 is 9.59 Å². The summed E-state index contributed by atoms with van der Waals surface area (Å²) in [6.45, 7) is 3.13. The molecule has 0 spiro atoms. The van der Waals surface area contributed by atoms with Crippen LogP contribution in [0.4, 0.5) is 0 Å². The predicted molar refractivity (Wildman–Crippen MR) is 66.5 cm³/mol. The number of carbonyl (C=O) groups excluding carboxylic acids is 2. The van der Waals surface area contributed by atoms with Gasteiger partial charge in [0.2, 0.25) is 11.8 Å². The minimum Gasteiger partial charge on any atom is -0.356 e. The van der Waals surface area contributed by atoms with E-state index in [1.165, 1.54) is 0 Å². The second kappa shape index (κ2) is 7.27. The normalized spacial score (nSPS) is 16.4. The van der Waals surface area contributed by atoms with E-state index >= 15 is 0 Å². The maximum atomic E-state index is 11.5. The first-order chi connectivity index (χ1) is 8.13. The zero-order valence-electron chi connectivity index (χ0n) is 10.7. The van der Waals surface area contributed by atoms with Crippen LogP contribution in [0.25, 0.3) is 0 Å². The van der Waals surface area contributed by atoms with Crippen molar-refractivity contribution >= 4 is 11.8 Å². The van der Waals surface area contributed by atoms with Crippen molar-refractivity contribution in [2.24, 2.45) is 5.92 Å². The minimum absolute atomic E-state index is 0.0275. The number of rotatable bonds is 8. The van der Waals surface area contributed by atoms with E-state index in [-0.39, 0.29) is 17.7 Å². The van der Waals surface area contributed by atoms with Gasteiger partial charge in [0.25, 0.3) is 0 Å². The number of hydrogen-bond donors (Lipinski definition) is 3. The summed E-state index contributed by atoms with van der Waals surface area (Å²) in [6, 6.07) is 0.424. The molecule has 17 heavy (non-hydrogen) atoms. The molecule has 0 saturated heterocycles. The lowest BCUT2D eigenvalue weighted by Crippen LogP contribution is -2.35. The molecular formula is C12H23N3O2. The van der Waals surface area contributed by atoms with Gasteiger partial charge >= 0.3 is 0 Å². The monoisotopic (exact) mass is 241 g/mol. The molecule has 5 nitrogen and oxygen atoms in total. The molecule has 2 amide bonds. The molecule has 1 fully saturated rings. The van der Waals surface area contributed by atoms with Gasteiger partial charge in [-0.25, -0.2) is 0 Å². The van der Waals surface area contributed by atoms with Gasteiger partial charge in [0, 0.05) is 31.5 Å². The summed E-state index contributed by atoms with van der Waals surface area (Å²) < 4.78 is 0. The van der Waals surface area contributed by atoms with E-state index in [0.717, 1.165) is 12.8 Å². The quantitative estimate of drug-likeness (QED) is 0.525. The van der Waals surface area contributed by atoms with Crippen molar-refractivity contribution in [1.82, 2.24) is 16.0 Å². The van der Waals surface area contributed by atoms with Crippen molar-refractivity contribution in [2.75, 3.05) is 20.1 Å². The van der Waals surface area contributed by atoms with Crippen molar-refractivity contribution in [3.63, 3.8) is 0 Å². The molecule has 3 N–H and O–H groups in total. The third-order valence-corrected chi connectivity index (χ3v) is 2.78. The average molecular weight is 241 g/mol. The second-order valence-corrected chi connectivity index (χ2v) is 4.70. The Morgan fingerprint density at radius 3 is 2.65 bits per heavy atom. The standard InChI is InChI=1S/C12H23N3O2/c1-9(8-13-2)12(17)14-7-3-4-11(16)15-10-5-6-10/h9-10,13H,3-8H2,1-2H3,(H,14,17)(H,15,16). The van der Waals surface area contributed by atoms with Crippen molar-refractivity contribution in [3.8, 4) is 0 Å². The Morgan fingerprint density at radius 1 is 1.35 bits per heavy atom. The fourth-order valence-electron chi connectivity index (χ4n) is 1.56. The van der Waals surface area contributed by atoms with Gasteiger partial charge in [0.05, 0.1) is 0 Å². The van der Waals surface area contributed by atoms with Crippen LogP contribution in [0.15, 0.2) is 0 Å². The maximum Gasteiger partial charge on any atom is 0.224 e. The molecule has 5 heteroatoms. The number of hydrogen-bond acceptors (Lipinski definition) is 3. The lowest BCUT2D eigenvalue weighted by atomic mass is 10.1. The Bertz CT molecular complexity index is 264. The second-order valence-electron chi connectivity index (χ2n) is 4.70. The highest BCUT2D eigenvalue weighted by Gasteiger charge is 2.22. The fourth-order valence-corrected chi connectivity index (χ4v) is 1.56. The Morgan fingerprint density at radius 2 is 2.06 bits per heavy atom. The van der Waals surface area contributed by atoms with Gasteiger partial charge in [0.15, 0.2) is 0 Å². The van der Waals surface area contributed by atoms with Gasteiger partial charge < -0.3 is 16.0 Å². The Hall–Kier alpha value is -1.10. The van der Waals surface area contributed by atoms with E-state index < -0.39 is 0 Å². The number of carbonyl (C=O) groups is 2. The molecule has 1 aliphatic carbocycles. The lowest BCUT2D eigenvalue weighted by Gasteiger charge is -2.11. The van der Waals surface area contributed by atoms with E-state index in [0.29, 0.717) is 32.0 Å². The van der Waals surface area contributed by atoms with Gasteiger partial charge in [0.1, 0.15) is 0 Å². The number of amides is 2. The zero-order valence-corrected chi connectivity index (χ0v) is 10.7. The number of nitrogens with one attached hydrogen (secondary N) is 3. The highest BCUT2D eigenvalue weighted by atomic mass is 16.2. The molecule has 0 aromatic carbocycles. The van der Waals surface area contributed by atoms with Gasteiger partial charge in [-0.15, -0.1) is 0 Å². The molecule has 98 valence electrons. The summed E-state index contributed by atoms with van der Waals surface area (Å²) in [6.07, 6.45) is 3.43. The largest absolute Gasteiger partial charge is 0.356 e. The van der Waals surface area contributed by atoms with Gasteiger partial charge in [-0.1, -0.05) is 6.92 Å². The molecule has 0 heterocycles. The van der Waals surface area contributed by atoms with E-state index in [1.807, 2.05) is 14.0 Å². The van der Waals surface area contributed by atoms with Crippen molar-refractivity contribution in [1.29, 1.82) is 0 Å². The van der Waals surface area contributed by atoms with Gasteiger partial charge in [-0.3, -0.25) is 9.59 Å². The molecule has 1 unspecified atom stereocenters. The maximum absolute atomic E-state index is 11.5. The summed E-state index contributed by atoms with van der Waals surface area (Å²) in [7, 11) is 1.83. The highest BCUT2D eigenvalue weighted by molar-refractivity contribution is 5.79. The highest BCUT2D eigenvalue weighted by Crippen LogP contribution is 2.18. The predicted octanol–water partition coefficient (Wildman–Crippen LogP) is 0.0169. The lowest BCUT2D eigenvalue weighted by molar-refractivity contribution is -0.125. The van der Waals surface area contributed by atoms with Crippen LogP contribution in [0.5, 0.6) is 0 Å².